The van der Waals surface area contributed by atoms with Crippen LogP contribution in [0.25, 0.3) is 0 Å². The Kier molecular flexibility index (Phi) is 6.57. The third-order valence-corrected chi connectivity index (χ3v) is 3.80. The highest BCUT2D eigenvalue weighted by molar-refractivity contribution is 6.07. The topological polar surface area (TPSA) is 77.2 Å². The molecular formula is C20H25N3O2. The van der Waals surface area contributed by atoms with E-state index in [9.17, 15) is 4.79 Å². The first-order chi connectivity index (χ1) is 12.0. The highest BCUT2D eigenvalue weighted by Crippen LogP contribution is 2.20. The van der Waals surface area contributed by atoms with Gasteiger partial charge in [-0.05, 0) is 44.0 Å². The number of carbonyl (C=O) groups is 1. The van der Waals surface area contributed by atoms with Crippen LogP contribution in [0.15, 0.2) is 42.5 Å². The summed E-state index contributed by atoms with van der Waals surface area (Å²) in [5, 5.41) is 2.84. The molecule has 25 heavy (non-hydrogen) atoms. The van der Waals surface area contributed by atoms with E-state index < -0.39 is 0 Å². The Hall–Kier alpha value is -2.82. The van der Waals surface area contributed by atoms with E-state index in [1.165, 1.54) is 0 Å². The maximum absolute atomic E-state index is 12.5. The number of amides is 1. The number of unbranched alkanes of at least 4 members (excludes halogenated alkanes) is 1. The predicted octanol–water partition coefficient (Wildman–Crippen LogP) is 4.27. The number of nitrogens with two attached hydrogens (primary N) is 1. The van der Waals surface area contributed by atoms with E-state index in [-0.39, 0.29) is 11.7 Å². The fraction of sp³-hybridized carbons (Fsp3) is 0.300. The second kappa shape index (κ2) is 8.87. The Morgan fingerprint density at radius 2 is 2.08 bits per heavy atom. The number of ether oxygens (including phenoxy) is 1. The smallest absolute Gasteiger partial charge is 0.259 e. The number of rotatable bonds is 7. The minimum absolute atomic E-state index is 0.231. The lowest BCUT2D eigenvalue weighted by molar-refractivity contribution is 0.102. The number of pyridine rings is 1. The summed E-state index contributed by atoms with van der Waals surface area (Å²) in [5.41, 5.74) is 8.65. The summed E-state index contributed by atoms with van der Waals surface area (Å²) in [4.78, 5) is 16.7. The van der Waals surface area contributed by atoms with Crippen LogP contribution in [0.2, 0.25) is 0 Å². The second-order valence-electron chi connectivity index (χ2n) is 5.88. The average Bonchev–Trinajstić information content (AvgIpc) is 2.58. The first kappa shape index (κ1) is 18.5. The molecule has 0 spiro atoms. The minimum Gasteiger partial charge on any atom is -0.489 e. The summed E-state index contributed by atoms with van der Waals surface area (Å²) < 4.78 is 5.66. The zero-order valence-electron chi connectivity index (χ0n) is 15.0. The lowest BCUT2D eigenvalue weighted by Crippen LogP contribution is -2.15. The van der Waals surface area contributed by atoms with E-state index in [2.05, 4.69) is 23.3 Å². The van der Waals surface area contributed by atoms with E-state index in [1.807, 2.05) is 38.1 Å². The van der Waals surface area contributed by atoms with Gasteiger partial charge in [0.05, 0.1) is 5.56 Å². The summed E-state index contributed by atoms with van der Waals surface area (Å²) >= 11 is 0. The number of carbonyl (C=O) groups excluding carboxylic acids is 1. The molecule has 3 N–H and O–H groups in total. The molecular weight excluding hydrogens is 314 g/mol. The number of aryl methyl sites for hydroxylation is 2. The van der Waals surface area contributed by atoms with Crippen LogP contribution in [0, 0.1) is 13.8 Å². The predicted molar refractivity (Wildman–Crippen MR) is 102 cm³/mol. The molecule has 1 aromatic heterocycles. The summed E-state index contributed by atoms with van der Waals surface area (Å²) in [6.45, 7) is 6.41. The van der Waals surface area contributed by atoms with Gasteiger partial charge in [0.15, 0.2) is 0 Å². The van der Waals surface area contributed by atoms with Gasteiger partial charge in [-0.25, -0.2) is 4.98 Å². The van der Waals surface area contributed by atoms with Gasteiger partial charge in [-0.1, -0.05) is 31.6 Å². The van der Waals surface area contributed by atoms with E-state index in [0.29, 0.717) is 23.6 Å². The van der Waals surface area contributed by atoms with Crippen molar-refractivity contribution >= 4 is 17.4 Å². The molecule has 1 aromatic carbocycles. The fourth-order valence-corrected chi connectivity index (χ4v) is 2.26. The number of nitrogen functional groups attached to an aromatic ring is 1. The van der Waals surface area contributed by atoms with Gasteiger partial charge in [-0.15, -0.1) is 0 Å². The molecule has 0 aliphatic heterocycles. The number of nitrogens with zero attached hydrogens (tertiary/aromatic N) is 1. The van der Waals surface area contributed by atoms with Gasteiger partial charge in [0.1, 0.15) is 18.2 Å². The number of allylic oxidation sites excluding steroid dienone is 1. The van der Waals surface area contributed by atoms with Crippen molar-refractivity contribution in [3.05, 3.63) is 59.3 Å². The quantitative estimate of drug-likeness (QED) is 0.739. The number of benzene rings is 1. The number of hydrogen-bond acceptors (Lipinski definition) is 4. The monoisotopic (exact) mass is 339 g/mol. The van der Waals surface area contributed by atoms with Crippen LogP contribution < -0.4 is 15.8 Å². The Balaban J connectivity index is 2.04. The standard InChI is InChI=1S/C20H25N3O2/c1-4-5-6-7-11-25-17-10-8-9-16(13-17)23-20(24)18-12-14(2)15(3)22-19(18)21/h6-10,12-13H,4-5,11H2,1-3H3,(H2,21,22)(H,23,24). The molecule has 1 heterocycles. The SMILES string of the molecule is CCCC=CCOc1cccc(NC(=O)c2cc(C)c(C)nc2N)c1. The van der Waals surface area contributed by atoms with E-state index in [0.717, 1.165) is 24.1 Å². The van der Waals surface area contributed by atoms with Crippen molar-refractivity contribution in [2.45, 2.75) is 33.6 Å². The van der Waals surface area contributed by atoms with Crippen molar-refractivity contribution in [1.29, 1.82) is 0 Å². The zero-order chi connectivity index (χ0) is 18.2. The lowest BCUT2D eigenvalue weighted by Gasteiger charge is -2.10. The van der Waals surface area contributed by atoms with Gasteiger partial charge < -0.3 is 15.8 Å². The van der Waals surface area contributed by atoms with Crippen molar-refractivity contribution in [3.63, 3.8) is 0 Å². The highest BCUT2D eigenvalue weighted by atomic mass is 16.5. The Bertz CT molecular complexity index is 770. The van der Waals surface area contributed by atoms with Crippen LogP contribution in [0.4, 0.5) is 11.5 Å². The van der Waals surface area contributed by atoms with Gasteiger partial charge in [0.2, 0.25) is 0 Å². The Morgan fingerprint density at radius 3 is 2.84 bits per heavy atom. The van der Waals surface area contributed by atoms with Crippen molar-refractivity contribution in [3.8, 4) is 5.75 Å². The zero-order valence-corrected chi connectivity index (χ0v) is 15.0. The molecule has 0 unspecified atom stereocenters. The molecule has 0 radical (unpaired) electrons. The lowest BCUT2D eigenvalue weighted by atomic mass is 10.1. The summed E-state index contributed by atoms with van der Waals surface area (Å²) in [7, 11) is 0. The molecule has 0 aliphatic carbocycles. The summed E-state index contributed by atoms with van der Waals surface area (Å²) in [6, 6.07) is 9.04. The van der Waals surface area contributed by atoms with Gasteiger partial charge in [0, 0.05) is 17.4 Å². The van der Waals surface area contributed by atoms with Crippen LogP contribution in [0.5, 0.6) is 5.75 Å². The van der Waals surface area contributed by atoms with Crippen molar-refractivity contribution in [1.82, 2.24) is 4.98 Å². The molecule has 132 valence electrons. The number of aromatic nitrogens is 1. The molecule has 2 rings (SSSR count). The number of anilines is 2. The molecule has 0 fully saturated rings. The molecule has 0 bridgehead atoms. The molecule has 5 heteroatoms. The van der Waals surface area contributed by atoms with Crippen molar-refractivity contribution in [2.75, 3.05) is 17.7 Å². The first-order valence-corrected chi connectivity index (χ1v) is 8.44. The van der Waals surface area contributed by atoms with Crippen LogP contribution in [0.3, 0.4) is 0 Å². The normalized spacial score (nSPS) is 10.8. The van der Waals surface area contributed by atoms with Crippen molar-refractivity contribution < 1.29 is 9.53 Å². The van der Waals surface area contributed by atoms with E-state index in [4.69, 9.17) is 10.5 Å². The summed E-state index contributed by atoms with van der Waals surface area (Å²) in [5.74, 6) is 0.646. The van der Waals surface area contributed by atoms with E-state index in [1.54, 1.807) is 12.1 Å². The first-order valence-electron chi connectivity index (χ1n) is 8.44. The molecule has 0 saturated carbocycles. The molecule has 0 atom stereocenters. The third kappa shape index (κ3) is 5.35. The fourth-order valence-electron chi connectivity index (χ4n) is 2.26. The molecule has 2 aromatic rings. The van der Waals surface area contributed by atoms with Gasteiger partial charge >= 0.3 is 0 Å². The average molecular weight is 339 g/mol. The number of nitrogens with one attached hydrogen (secondary N) is 1. The Labute approximate surface area is 148 Å². The van der Waals surface area contributed by atoms with Crippen LogP contribution in [0.1, 0.15) is 41.4 Å². The van der Waals surface area contributed by atoms with Gasteiger partial charge in [-0.2, -0.15) is 0 Å². The maximum atomic E-state index is 12.5. The van der Waals surface area contributed by atoms with Crippen LogP contribution in [-0.4, -0.2) is 17.5 Å². The van der Waals surface area contributed by atoms with E-state index >= 15 is 0 Å². The largest absolute Gasteiger partial charge is 0.489 e. The highest BCUT2D eigenvalue weighted by Gasteiger charge is 2.13. The molecule has 0 aliphatic rings. The maximum Gasteiger partial charge on any atom is 0.259 e. The molecule has 1 amide bonds. The minimum atomic E-state index is -0.284. The molecule has 0 saturated heterocycles. The van der Waals surface area contributed by atoms with Gasteiger partial charge in [-0.3, -0.25) is 4.79 Å². The van der Waals surface area contributed by atoms with Gasteiger partial charge in [0.25, 0.3) is 5.91 Å². The van der Waals surface area contributed by atoms with Crippen LogP contribution >= 0.6 is 0 Å². The Morgan fingerprint density at radius 1 is 1.28 bits per heavy atom. The second-order valence-corrected chi connectivity index (χ2v) is 5.88. The summed E-state index contributed by atoms with van der Waals surface area (Å²) in [6.07, 6.45) is 6.26. The third-order valence-electron chi connectivity index (χ3n) is 3.80. The van der Waals surface area contributed by atoms with Crippen LogP contribution in [-0.2, 0) is 0 Å². The molecule has 5 nitrogen and oxygen atoms in total. The number of hydrogen-bond donors (Lipinski definition) is 2. The van der Waals surface area contributed by atoms with Crippen molar-refractivity contribution in [2.24, 2.45) is 0 Å².